The molecule has 5 aliphatic rings. The third-order valence-electron chi connectivity index (χ3n) is 7.58. The van der Waals surface area contributed by atoms with E-state index in [1.165, 1.54) is 31.4 Å². The summed E-state index contributed by atoms with van der Waals surface area (Å²) in [6, 6.07) is 4.08. The van der Waals surface area contributed by atoms with Crippen LogP contribution in [0.15, 0.2) is 18.2 Å². The maximum Gasteiger partial charge on any atom is 0.226 e. The van der Waals surface area contributed by atoms with Crippen molar-refractivity contribution in [3.8, 4) is 0 Å². The van der Waals surface area contributed by atoms with Gasteiger partial charge < -0.3 is 10.2 Å². The summed E-state index contributed by atoms with van der Waals surface area (Å²) in [6.07, 6.45) is 7.79. The highest BCUT2D eigenvalue weighted by Crippen LogP contribution is 2.64. The van der Waals surface area contributed by atoms with E-state index in [0.717, 1.165) is 44.5 Å². The molecule has 3 unspecified atom stereocenters. The standard InChI is InChI=1S/C22H27BrF2N2O/c23-22-9-15-5-16(10-22)8-21(7-15,13-22)20(28)26-11-14-3-4-27(12-14)17-1-2-18(24)19(25)6-17/h1-2,6,14-16H,3-5,7-13H2,(H,26,28). The Hall–Kier alpha value is -1.17. The Bertz CT molecular complexity index is 787. The van der Waals surface area contributed by atoms with Crippen molar-refractivity contribution in [3.63, 3.8) is 0 Å². The van der Waals surface area contributed by atoms with Crippen LogP contribution in [0.25, 0.3) is 0 Å². The zero-order chi connectivity index (χ0) is 19.5. The van der Waals surface area contributed by atoms with Crippen LogP contribution in [-0.4, -0.2) is 29.9 Å². The van der Waals surface area contributed by atoms with Crippen LogP contribution in [0.4, 0.5) is 14.5 Å². The fourth-order valence-electron chi connectivity index (χ4n) is 6.76. The Balaban J connectivity index is 1.19. The number of hydrogen-bond donors (Lipinski definition) is 1. The van der Waals surface area contributed by atoms with Gasteiger partial charge in [0.2, 0.25) is 5.91 Å². The predicted octanol–water partition coefficient (Wildman–Crippen LogP) is 4.64. The molecule has 4 aliphatic carbocycles. The smallest absolute Gasteiger partial charge is 0.226 e. The second kappa shape index (κ2) is 6.68. The molecule has 28 heavy (non-hydrogen) atoms. The maximum absolute atomic E-state index is 13.5. The Kier molecular flexibility index (Phi) is 4.49. The lowest BCUT2D eigenvalue weighted by atomic mass is 9.49. The van der Waals surface area contributed by atoms with Gasteiger partial charge in [0, 0.05) is 35.7 Å². The predicted molar refractivity (Wildman–Crippen MR) is 108 cm³/mol. The average Bonchev–Trinajstić information content (AvgIpc) is 3.09. The summed E-state index contributed by atoms with van der Waals surface area (Å²) in [4.78, 5) is 15.3. The molecule has 0 radical (unpaired) electrons. The van der Waals surface area contributed by atoms with Crippen molar-refractivity contribution < 1.29 is 13.6 Å². The lowest BCUT2D eigenvalue weighted by Crippen LogP contribution is -2.58. The van der Waals surface area contributed by atoms with E-state index >= 15 is 0 Å². The van der Waals surface area contributed by atoms with Gasteiger partial charge in [0.05, 0.1) is 5.41 Å². The van der Waals surface area contributed by atoms with Crippen molar-refractivity contribution in [2.75, 3.05) is 24.5 Å². The summed E-state index contributed by atoms with van der Waals surface area (Å²) in [6.45, 7) is 2.25. The fourth-order valence-corrected chi connectivity index (χ4v) is 8.21. The zero-order valence-electron chi connectivity index (χ0n) is 16.0. The van der Waals surface area contributed by atoms with Gasteiger partial charge in [-0.05, 0) is 74.8 Å². The Labute approximate surface area is 173 Å². The molecule has 4 saturated carbocycles. The number of carbonyl (C=O) groups excluding carboxylic acids is 1. The van der Waals surface area contributed by atoms with E-state index in [1.807, 2.05) is 0 Å². The van der Waals surface area contributed by atoms with E-state index in [2.05, 4.69) is 26.1 Å². The summed E-state index contributed by atoms with van der Waals surface area (Å²) in [5, 5.41) is 3.27. The monoisotopic (exact) mass is 452 g/mol. The number of rotatable bonds is 4. The summed E-state index contributed by atoms with van der Waals surface area (Å²) in [5.41, 5.74) is 0.543. The third kappa shape index (κ3) is 3.25. The van der Waals surface area contributed by atoms with Gasteiger partial charge in [-0.3, -0.25) is 4.79 Å². The summed E-state index contributed by atoms with van der Waals surface area (Å²) < 4.78 is 26.9. The first kappa shape index (κ1) is 18.8. The van der Waals surface area contributed by atoms with Gasteiger partial charge in [-0.25, -0.2) is 8.78 Å². The number of benzene rings is 1. The molecule has 3 nitrogen and oxygen atoms in total. The third-order valence-corrected chi connectivity index (χ3v) is 8.50. The van der Waals surface area contributed by atoms with E-state index in [1.54, 1.807) is 6.07 Å². The molecule has 1 aromatic rings. The molecule has 1 aliphatic heterocycles. The summed E-state index contributed by atoms with van der Waals surface area (Å²) >= 11 is 3.98. The molecule has 0 spiro atoms. The summed E-state index contributed by atoms with van der Waals surface area (Å²) in [7, 11) is 0. The second-order valence-electron chi connectivity index (χ2n) is 9.80. The normalized spacial score (nSPS) is 38.8. The molecular formula is C22H27BrF2N2O. The number of halogens is 3. The largest absolute Gasteiger partial charge is 0.371 e. The van der Waals surface area contributed by atoms with Gasteiger partial charge in [0.25, 0.3) is 0 Å². The Morgan fingerprint density at radius 2 is 1.93 bits per heavy atom. The highest BCUT2D eigenvalue weighted by molar-refractivity contribution is 9.10. The van der Waals surface area contributed by atoms with Crippen molar-refractivity contribution >= 4 is 27.5 Å². The minimum Gasteiger partial charge on any atom is -0.371 e. The van der Waals surface area contributed by atoms with Crippen molar-refractivity contribution in [2.45, 2.75) is 49.3 Å². The maximum atomic E-state index is 13.5. The SMILES string of the molecule is O=C(NCC1CCN(c2ccc(F)c(F)c2)C1)C12CC3CC(CC(Br)(C3)C1)C2. The van der Waals surface area contributed by atoms with E-state index in [4.69, 9.17) is 0 Å². The van der Waals surface area contributed by atoms with E-state index in [9.17, 15) is 13.6 Å². The molecule has 0 aromatic heterocycles. The highest BCUT2D eigenvalue weighted by atomic mass is 79.9. The molecule has 1 aromatic carbocycles. The van der Waals surface area contributed by atoms with Gasteiger partial charge in [-0.15, -0.1) is 0 Å². The number of nitrogens with zero attached hydrogens (tertiary/aromatic N) is 1. The molecule has 1 heterocycles. The van der Waals surface area contributed by atoms with Crippen LogP contribution >= 0.6 is 15.9 Å². The van der Waals surface area contributed by atoms with Crippen molar-refractivity contribution in [3.05, 3.63) is 29.8 Å². The molecule has 3 atom stereocenters. The molecule has 5 fully saturated rings. The zero-order valence-corrected chi connectivity index (χ0v) is 17.6. The molecule has 1 N–H and O–H groups in total. The van der Waals surface area contributed by atoms with Crippen LogP contribution in [0.5, 0.6) is 0 Å². The van der Waals surface area contributed by atoms with Crippen molar-refractivity contribution in [1.82, 2.24) is 5.32 Å². The topological polar surface area (TPSA) is 32.3 Å². The van der Waals surface area contributed by atoms with Gasteiger partial charge in [0.15, 0.2) is 11.6 Å². The van der Waals surface area contributed by atoms with Crippen LogP contribution in [0, 0.1) is 34.8 Å². The first-order chi connectivity index (χ1) is 13.3. The van der Waals surface area contributed by atoms with Crippen LogP contribution in [0.1, 0.15) is 44.9 Å². The minimum absolute atomic E-state index is 0.175. The molecule has 4 bridgehead atoms. The minimum atomic E-state index is -0.813. The fraction of sp³-hybridized carbons (Fsp3) is 0.682. The van der Waals surface area contributed by atoms with Gasteiger partial charge in [-0.2, -0.15) is 0 Å². The average molecular weight is 453 g/mol. The molecule has 6 rings (SSSR count). The van der Waals surface area contributed by atoms with Gasteiger partial charge in [0.1, 0.15) is 0 Å². The molecule has 1 saturated heterocycles. The molecule has 6 heteroatoms. The quantitative estimate of drug-likeness (QED) is 0.674. The van der Waals surface area contributed by atoms with Gasteiger partial charge >= 0.3 is 0 Å². The van der Waals surface area contributed by atoms with Gasteiger partial charge in [-0.1, -0.05) is 15.9 Å². The van der Waals surface area contributed by atoms with Crippen molar-refractivity contribution in [1.29, 1.82) is 0 Å². The van der Waals surface area contributed by atoms with E-state index in [-0.39, 0.29) is 15.6 Å². The first-order valence-corrected chi connectivity index (χ1v) is 11.3. The highest BCUT2D eigenvalue weighted by Gasteiger charge is 2.59. The van der Waals surface area contributed by atoms with Crippen LogP contribution in [-0.2, 0) is 4.79 Å². The number of amides is 1. The van der Waals surface area contributed by atoms with Crippen molar-refractivity contribution in [2.24, 2.45) is 23.2 Å². The lowest BCUT2D eigenvalue weighted by Gasteiger charge is -2.59. The number of anilines is 1. The van der Waals surface area contributed by atoms with E-state index in [0.29, 0.717) is 24.3 Å². The van der Waals surface area contributed by atoms with Crippen LogP contribution in [0.2, 0.25) is 0 Å². The number of alkyl halides is 1. The number of carbonyl (C=O) groups is 1. The summed E-state index contributed by atoms with van der Waals surface area (Å²) in [5.74, 6) is 0.371. The number of nitrogens with one attached hydrogen (secondary N) is 1. The lowest BCUT2D eigenvalue weighted by molar-refractivity contribution is -0.144. The molecular weight excluding hydrogens is 426 g/mol. The Morgan fingerprint density at radius 3 is 2.61 bits per heavy atom. The molecule has 1 amide bonds. The first-order valence-electron chi connectivity index (χ1n) is 10.5. The van der Waals surface area contributed by atoms with E-state index < -0.39 is 11.6 Å². The van der Waals surface area contributed by atoms with Crippen LogP contribution in [0.3, 0.4) is 0 Å². The Morgan fingerprint density at radius 1 is 1.18 bits per heavy atom. The second-order valence-corrected chi connectivity index (χ2v) is 11.5. The van der Waals surface area contributed by atoms with Crippen LogP contribution < -0.4 is 10.2 Å². The molecule has 152 valence electrons. The number of hydrogen-bond acceptors (Lipinski definition) is 2.